The van der Waals surface area contributed by atoms with Crippen LogP contribution in [-0.4, -0.2) is 43.1 Å². The molecule has 2 heterocycles. The zero-order valence-corrected chi connectivity index (χ0v) is 14.7. The monoisotopic (exact) mass is 328 g/mol. The summed E-state index contributed by atoms with van der Waals surface area (Å²) in [6.45, 7) is 0. The maximum Gasteiger partial charge on any atom is 0.223 e. The number of nitrogens with one attached hydrogen (secondary N) is 1. The van der Waals surface area contributed by atoms with Crippen LogP contribution in [0.5, 0.6) is 5.75 Å². The summed E-state index contributed by atoms with van der Waals surface area (Å²) in [5.41, 5.74) is 1.23. The number of carbonyl (C=O) groups excluding carboxylic acids is 1. The topological polar surface area (TPSA) is 41.6 Å². The molecule has 3 fully saturated rings. The molecular formula is C20H28N2O2. The Kier molecular flexibility index (Phi) is 4.25. The molecule has 1 aromatic carbocycles. The van der Waals surface area contributed by atoms with Gasteiger partial charge in [-0.2, -0.15) is 0 Å². The number of ether oxygens (including phenoxy) is 1. The average Bonchev–Trinajstić information content (AvgIpc) is 3.37. The lowest BCUT2D eigenvalue weighted by Crippen LogP contribution is -2.55. The molecule has 4 heteroatoms. The normalized spacial score (nSPS) is 35.3. The van der Waals surface area contributed by atoms with Crippen molar-refractivity contribution in [1.29, 1.82) is 0 Å². The van der Waals surface area contributed by atoms with E-state index in [0.717, 1.165) is 25.0 Å². The van der Waals surface area contributed by atoms with Crippen LogP contribution in [0.3, 0.4) is 0 Å². The molecule has 1 N–H and O–H groups in total. The van der Waals surface area contributed by atoms with E-state index in [2.05, 4.69) is 29.4 Å². The maximum atomic E-state index is 12.7. The maximum absolute atomic E-state index is 12.7. The number of piperidine rings is 2. The van der Waals surface area contributed by atoms with Gasteiger partial charge in [-0.15, -0.1) is 0 Å². The minimum Gasteiger partial charge on any atom is -0.497 e. The van der Waals surface area contributed by atoms with Crippen LogP contribution in [-0.2, 0) is 4.79 Å². The van der Waals surface area contributed by atoms with Crippen molar-refractivity contribution in [2.24, 2.45) is 5.92 Å². The average molecular weight is 328 g/mol. The van der Waals surface area contributed by atoms with Gasteiger partial charge in [0, 0.05) is 24.0 Å². The fourth-order valence-corrected chi connectivity index (χ4v) is 4.77. The minimum absolute atomic E-state index is 0.150. The molecular weight excluding hydrogens is 300 g/mol. The Morgan fingerprint density at radius 3 is 2.67 bits per heavy atom. The molecule has 1 aliphatic carbocycles. The molecule has 0 radical (unpaired) electrons. The van der Waals surface area contributed by atoms with Crippen LogP contribution in [0.25, 0.3) is 0 Å². The summed E-state index contributed by atoms with van der Waals surface area (Å²) in [5, 5.41) is 3.36. The number of amides is 1. The van der Waals surface area contributed by atoms with Crippen LogP contribution in [0.2, 0.25) is 0 Å². The third-order valence-electron chi connectivity index (χ3n) is 6.34. The lowest BCUT2D eigenvalue weighted by atomic mass is 9.82. The van der Waals surface area contributed by atoms with Crippen molar-refractivity contribution in [3.05, 3.63) is 29.8 Å². The van der Waals surface area contributed by atoms with Gasteiger partial charge in [-0.05, 0) is 62.8 Å². The Labute approximate surface area is 144 Å². The van der Waals surface area contributed by atoms with E-state index in [-0.39, 0.29) is 11.8 Å². The molecule has 130 valence electrons. The van der Waals surface area contributed by atoms with E-state index in [1.54, 1.807) is 7.11 Å². The van der Waals surface area contributed by atoms with Gasteiger partial charge < -0.3 is 15.0 Å². The van der Waals surface area contributed by atoms with Gasteiger partial charge in [-0.1, -0.05) is 18.6 Å². The molecule has 5 atom stereocenters. The highest BCUT2D eigenvalue weighted by atomic mass is 16.5. The first-order valence-electron chi connectivity index (χ1n) is 9.32. The van der Waals surface area contributed by atoms with Crippen LogP contribution in [0.1, 0.15) is 50.0 Å². The predicted octanol–water partition coefficient (Wildman–Crippen LogP) is 2.93. The first-order valence-corrected chi connectivity index (χ1v) is 9.32. The van der Waals surface area contributed by atoms with Gasteiger partial charge in [0.25, 0.3) is 0 Å². The molecule has 2 saturated heterocycles. The molecule has 2 aliphatic heterocycles. The number of hydrogen-bond acceptors (Lipinski definition) is 3. The number of hydrogen-bond donors (Lipinski definition) is 1. The van der Waals surface area contributed by atoms with E-state index < -0.39 is 0 Å². The van der Waals surface area contributed by atoms with Gasteiger partial charge >= 0.3 is 0 Å². The van der Waals surface area contributed by atoms with Crippen molar-refractivity contribution < 1.29 is 9.53 Å². The summed E-state index contributed by atoms with van der Waals surface area (Å²) in [5.74, 6) is 1.65. The van der Waals surface area contributed by atoms with E-state index in [1.165, 1.54) is 24.8 Å². The third-order valence-corrected chi connectivity index (χ3v) is 6.34. The summed E-state index contributed by atoms with van der Waals surface area (Å²) in [4.78, 5) is 15.2. The quantitative estimate of drug-likeness (QED) is 0.924. The van der Waals surface area contributed by atoms with Crippen LogP contribution in [0.4, 0.5) is 0 Å². The zero-order chi connectivity index (χ0) is 16.7. The number of carbonyl (C=O) groups is 1. The first kappa shape index (κ1) is 15.9. The number of benzene rings is 1. The summed E-state index contributed by atoms with van der Waals surface area (Å²) < 4.78 is 5.30. The van der Waals surface area contributed by atoms with Crippen LogP contribution >= 0.6 is 0 Å². The van der Waals surface area contributed by atoms with Gasteiger partial charge in [-0.25, -0.2) is 0 Å². The fraction of sp³-hybridized carbons (Fsp3) is 0.650. The smallest absolute Gasteiger partial charge is 0.223 e. The third kappa shape index (κ3) is 3.04. The Morgan fingerprint density at radius 1 is 1.21 bits per heavy atom. The van der Waals surface area contributed by atoms with Gasteiger partial charge in [-0.3, -0.25) is 4.79 Å². The van der Waals surface area contributed by atoms with Crippen LogP contribution < -0.4 is 10.1 Å². The summed E-state index contributed by atoms with van der Waals surface area (Å²) in [6.07, 6.45) is 7.13. The fourth-order valence-electron chi connectivity index (χ4n) is 4.77. The minimum atomic E-state index is 0.150. The lowest BCUT2D eigenvalue weighted by molar-refractivity contribution is -0.123. The highest BCUT2D eigenvalue weighted by Crippen LogP contribution is 2.48. The molecule has 4 rings (SSSR count). The highest BCUT2D eigenvalue weighted by molar-refractivity contribution is 5.83. The molecule has 1 saturated carbocycles. The number of methoxy groups -OCH3 is 1. The lowest BCUT2D eigenvalue weighted by Gasteiger charge is -2.47. The van der Waals surface area contributed by atoms with Gasteiger partial charge in [0.2, 0.25) is 5.91 Å². The second-order valence-corrected chi connectivity index (χ2v) is 7.81. The molecule has 24 heavy (non-hydrogen) atoms. The van der Waals surface area contributed by atoms with E-state index in [1.807, 2.05) is 12.1 Å². The van der Waals surface area contributed by atoms with E-state index in [0.29, 0.717) is 24.0 Å². The van der Waals surface area contributed by atoms with Gasteiger partial charge in [0.1, 0.15) is 5.75 Å². The number of nitrogens with zero attached hydrogens (tertiary/aromatic N) is 1. The second-order valence-electron chi connectivity index (χ2n) is 7.81. The predicted molar refractivity (Wildman–Crippen MR) is 94.2 cm³/mol. The van der Waals surface area contributed by atoms with Crippen LogP contribution in [0.15, 0.2) is 24.3 Å². The van der Waals surface area contributed by atoms with E-state index in [9.17, 15) is 4.79 Å². The van der Waals surface area contributed by atoms with Crippen molar-refractivity contribution in [3.8, 4) is 5.75 Å². The van der Waals surface area contributed by atoms with Crippen molar-refractivity contribution in [1.82, 2.24) is 10.2 Å². The van der Waals surface area contributed by atoms with Crippen molar-refractivity contribution in [2.75, 3.05) is 14.2 Å². The largest absolute Gasteiger partial charge is 0.497 e. The molecule has 1 amide bonds. The highest BCUT2D eigenvalue weighted by Gasteiger charge is 2.45. The van der Waals surface area contributed by atoms with Crippen molar-refractivity contribution >= 4 is 5.91 Å². The van der Waals surface area contributed by atoms with E-state index in [4.69, 9.17) is 4.74 Å². The number of fused-ring (bicyclic) bond motifs is 2. The van der Waals surface area contributed by atoms with E-state index >= 15 is 0 Å². The molecule has 0 aromatic heterocycles. The zero-order valence-electron chi connectivity index (χ0n) is 14.7. The first-order chi connectivity index (χ1) is 11.7. The molecule has 4 nitrogen and oxygen atoms in total. The Balaban J connectivity index is 1.34. The summed E-state index contributed by atoms with van der Waals surface area (Å²) in [6, 6.07) is 9.85. The molecule has 1 aromatic rings. The van der Waals surface area contributed by atoms with Gasteiger partial charge in [0.15, 0.2) is 0 Å². The Hall–Kier alpha value is -1.55. The SMILES string of the molecule is COc1cccc([C@@H]2C[C@H]2C(=O)NC2C[C@H]3CCC[C@@H](C2)N3C)c1. The summed E-state index contributed by atoms with van der Waals surface area (Å²) in [7, 11) is 3.94. The Bertz CT molecular complexity index is 603. The molecule has 0 spiro atoms. The second kappa shape index (κ2) is 6.40. The number of rotatable bonds is 4. The molecule has 3 aliphatic rings. The molecule has 2 bridgehead atoms. The molecule has 1 unspecified atom stereocenters. The Morgan fingerprint density at radius 2 is 1.96 bits per heavy atom. The van der Waals surface area contributed by atoms with Crippen molar-refractivity contribution in [3.63, 3.8) is 0 Å². The standard InChI is InChI=1S/C20H28N2O2/c1-22-15-6-4-7-16(22)11-14(10-15)21-20(23)19-12-18(19)13-5-3-8-17(9-13)24-2/h3,5,8-9,14-16,18-19H,4,6-7,10-12H2,1-2H3,(H,21,23)/t14?,15-,16+,18-,19+/m0/s1. The summed E-state index contributed by atoms with van der Waals surface area (Å²) >= 11 is 0. The van der Waals surface area contributed by atoms with Crippen LogP contribution in [0, 0.1) is 5.92 Å². The van der Waals surface area contributed by atoms with Crippen molar-refractivity contribution in [2.45, 2.75) is 62.6 Å². The van der Waals surface area contributed by atoms with Gasteiger partial charge in [0.05, 0.1) is 7.11 Å².